The lowest BCUT2D eigenvalue weighted by Crippen LogP contribution is -2.37. The van der Waals surface area contributed by atoms with E-state index >= 15 is 0 Å². The number of nitrogens with one attached hydrogen (secondary N) is 1. The molecule has 0 spiro atoms. The average molecular weight is 270 g/mol. The van der Waals surface area contributed by atoms with E-state index in [2.05, 4.69) is 14.6 Å². The summed E-state index contributed by atoms with van der Waals surface area (Å²) in [6, 6.07) is 0. The fraction of sp³-hybridized carbons (Fsp3) is 0.636. The van der Waals surface area contributed by atoms with Crippen molar-refractivity contribution in [1.82, 2.24) is 9.69 Å². The standard InChI is InChI=1S/C11H18N4O2S/c1-13-10(16)8-9(12)14-18-11(8)15-5-3-7(17-2)4-6-15/h7H,3-6H2,1-2H3,(H2,12,14)(H,13,16). The van der Waals surface area contributed by atoms with Gasteiger partial charge in [0.2, 0.25) is 0 Å². The number of hydrogen-bond donors (Lipinski definition) is 2. The monoisotopic (exact) mass is 270 g/mol. The molecule has 6 nitrogen and oxygen atoms in total. The van der Waals surface area contributed by atoms with Gasteiger partial charge in [-0.2, -0.15) is 4.37 Å². The lowest BCUT2D eigenvalue weighted by Gasteiger charge is -2.32. The lowest BCUT2D eigenvalue weighted by atomic mass is 10.1. The molecule has 0 radical (unpaired) electrons. The number of nitrogen functional groups attached to an aromatic ring is 1. The van der Waals surface area contributed by atoms with Crippen LogP contribution in [0.25, 0.3) is 0 Å². The maximum atomic E-state index is 11.8. The molecular formula is C11H18N4O2S. The average Bonchev–Trinajstić information content (AvgIpc) is 2.80. The number of rotatable bonds is 3. The Kier molecular flexibility index (Phi) is 4.03. The molecule has 2 rings (SSSR count). The molecule has 7 heteroatoms. The number of hydrogen-bond acceptors (Lipinski definition) is 6. The summed E-state index contributed by atoms with van der Waals surface area (Å²) < 4.78 is 9.42. The Bertz CT molecular complexity index is 427. The van der Waals surface area contributed by atoms with Gasteiger partial charge < -0.3 is 20.7 Å². The summed E-state index contributed by atoms with van der Waals surface area (Å²) in [5, 5.41) is 3.47. The number of methoxy groups -OCH3 is 1. The van der Waals surface area contributed by atoms with Gasteiger partial charge in [-0.1, -0.05) is 0 Å². The van der Waals surface area contributed by atoms with Crippen molar-refractivity contribution in [3.63, 3.8) is 0 Å². The van der Waals surface area contributed by atoms with Crippen LogP contribution in [0, 0.1) is 0 Å². The molecule has 1 fully saturated rings. The van der Waals surface area contributed by atoms with Crippen LogP contribution in [-0.4, -0.2) is 43.6 Å². The van der Waals surface area contributed by atoms with Gasteiger partial charge in [0.15, 0.2) is 5.82 Å². The highest BCUT2D eigenvalue weighted by Crippen LogP contribution is 2.32. The Morgan fingerprint density at radius 1 is 1.56 bits per heavy atom. The normalized spacial score (nSPS) is 16.9. The highest BCUT2D eigenvalue weighted by Gasteiger charge is 2.26. The fourth-order valence-corrected chi connectivity index (χ4v) is 3.00. The number of carbonyl (C=O) groups excluding carboxylic acids is 1. The molecule has 100 valence electrons. The highest BCUT2D eigenvalue weighted by atomic mass is 32.1. The van der Waals surface area contributed by atoms with E-state index in [4.69, 9.17) is 10.5 Å². The number of anilines is 2. The molecule has 1 aromatic rings. The van der Waals surface area contributed by atoms with Crippen molar-refractivity contribution in [3.05, 3.63) is 5.56 Å². The summed E-state index contributed by atoms with van der Waals surface area (Å²) in [5.74, 6) is 0.133. The molecule has 0 saturated carbocycles. The van der Waals surface area contributed by atoms with E-state index in [0.29, 0.717) is 17.5 Å². The zero-order chi connectivity index (χ0) is 13.1. The summed E-state index contributed by atoms with van der Waals surface area (Å²) in [7, 11) is 3.33. The summed E-state index contributed by atoms with van der Waals surface area (Å²) in [6.07, 6.45) is 2.23. The number of aromatic nitrogens is 1. The number of carbonyl (C=O) groups is 1. The van der Waals surface area contributed by atoms with Crippen molar-refractivity contribution in [2.75, 3.05) is 37.9 Å². The number of nitrogens with two attached hydrogens (primary N) is 1. The minimum Gasteiger partial charge on any atom is -0.382 e. The number of piperidine rings is 1. The molecule has 18 heavy (non-hydrogen) atoms. The smallest absolute Gasteiger partial charge is 0.257 e. The first-order valence-electron chi connectivity index (χ1n) is 5.92. The maximum Gasteiger partial charge on any atom is 0.257 e. The second-order valence-corrected chi connectivity index (χ2v) is 5.00. The van der Waals surface area contributed by atoms with Crippen molar-refractivity contribution in [3.8, 4) is 0 Å². The molecule has 1 amide bonds. The lowest BCUT2D eigenvalue weighted by molar-refractivity contribution is 0.0819. The third-order valence-electron chi connectivity index (χ3n) is 3.22. The second-order valence-electron chi connectivity index (χ2n) is 4.25. The topological polar surface area (TPSA) is 80.5 Å². The van der Waals surface area contributed by atoms with Crippen molar-refractivity contribution in [2.45, 2.75) is 18.9 Å². The van der Waals surface area contributed by atoms with Crippen LogP contribution in [0.1, 0.15) is 23.2 Å². The van der Waals surface area contributed by atoms with Gasteiger partial charge in [0.05, 0.1) is 6.10 Å². The van der Waals surface area contributed by atoms with Crippen LogP contribution in [0.15, 0.2) is 0 Å². The third-order valence-corrected chi connectivity index (χ3v) is 4.14. The van der Waals surface area contributed by atoms with E-state index in [9.17, 15) is 4.79 Å². The van der Waals surface area contributed by atoms with Gasteiger partial charge in [-0.05, 0) is 24.4 Å². The predicted molar refractivity (Wildman–Crippen MR) is 72.2 cm³/mol. The van der Waals surface area contributed by atoms with E-state index < -0.39 is 0 Å². The second kappa shape index (κ2) is 5.53. The number of amides is 1. The van der Waals surface area contributed by atoms with Gasteiger partial charge in [0, 0.05) is 27.2 Å². The third kappa shape index (κ3) is 2.41. The van der Waals surface area contributed by atoms with Crippen LogP contribution in [0.4, 0.5) is 10.8 Å². The van der Waals surface area contributed by atoms with Gasteiger partial charge in [0.1, 0.15) is 10.6 Å². The van der Waals surface area contributed by atoms with E-state index in [0.717, 1.165) is 30.9 Å². The van der Waals surface area contributed by atoms with Gasteiger partial charge >= 0.3 is 0 Å². The first kappa shape index (κ1) is 13.1. The maximum absolute atomic E-state index is 11.8. The Hall–Kier alpha value is -1.34. The van der Waals surface area contributed by atoms with Crippen molar-refractivity contribution < 1.29 is 9.53 Å². The quantitative estimate of drug-likeness (QED) is 0.845. The Morgan fingerprint density at radius 2 is 2.22 bits per heavy atom. The van der Waals surface area contributed by atoms with Gasteiger partial charge in [-0.25, -0.2) is 0 Å². The Balaban J connectivity index is 2.17. The van der Waals surface area contributed by atoms with E-state index in [1.807, 2.05) is 0 Å². The van der Waals surface area contributed by atoms with Crippen molar-refractivity contribution in [1.29, 1.82) is 0 Å². The van der Waals surface area contributed by atoms with Crippen LogP contribution < -0.4 is 16.0 Å². The molecule has 1 saturated heterocycles. The molecule has 1 aliphatic rings. The molecule has 0 aromatic carbocycles. The van der Waals surface area contributed by atoms with E-state index in [1.54, 1.807) is 14.2 Å². The molecule has 1 aliphatic heterocycles. The van der Waals surface area contributed by atoms with Crippen LogP contribution in [0.5, 0.6) is 0 Å². The first-order valence-corrected chi connectivity index (χ1v) is 6.69. The largest absolute Gasteiger partial charge is 0.382 e. The predicted octanol–water partition coefficient (Wildman–Crippen LogP) is 0.700. The van der Waals surface area contributed by atoms with Gasteiger partial charge in [-0.15, -0.1) is 0 Å². The van der Waals surface area contributed by atoms with Crippen LogP contribution in [0.3, 0.4) is 0 Å². The minimum atomic E-state index is -0.176. The van der Waals surface area contributed by atoms with E-state index in [-0.39, 0.29) is 5.91 Å². The van der Waals surface area contributed by atoms with Crippen molar-refractivity contribution >= 4 is 28.3 Å². The van der Waals surface area contributed by atoms with Crippen LogP contribution >= 0.6 is 11.5 Å². The summed E-state index contributed by atoms with van der Waals surface area (Å²) >= 11 is 1.28. The Labute approximate surface area is 110 Å². The van der Waals surface area contributed by atoms with E-state index in [1.165, 1.54) is 11.5 Å². The first-order chi connectivity index (χ1) is 8.67. The fourth-order valence-electron chi connectivity index (χ4n) is 2.14. The van der Waals surface area contributed by atoms with Gasteiger partial charge in [0.25, 0.3) is 5.91 Å². The SMILES string of the molecule is CNC(=O)c1c(N)nsc1N1CCC(OC)CC1. The highest BCUT2D eigenvalue weighted by molar-refractivity contribution is 7.11. The number of nitrogens with zero attached hydrogens (tertiary/aromatic N) is 2. The molecule has 2 heterocycles. The molecule has 3 N–H and O–H groups in total. The molecule has 0 unspecified atom stereocenters. The molecule has 0 atom stereocenters. The zero-order valence-corrected chi connectivity index (χ0v) is 11.4. The summed E-state index contributed by atoms with van der Waals surface area (Å²) in [5.41, 5.74) is 6.26. The molecule has 0 bridgehead atoms. The van der Waals surface area contributed by atoms with Crippen molar-refractivity contribution in [2.24, 2.45) is 0 Å². The summed E-state index contributed by atoms with van der Waals surface area (Å²) in [4.78, 5) is 14.0. The zero-order valence-electron chi connectivity index (χ0n) is 10.6. The summed E-state index contributed by atoms with van der Waals surface area (Å²) in [6.45, 7) is 1.73. The van der Waals surface area contributed by atoms with Crippen LogP contribution in [-0.2, 0) is 4.74 Å². The van der Waals surface area contributed by atoms with Crippen LogP contribution in [0.2, 0.25) is 0 Å². The molecule has 1 aromatic heterocycles. The van der Waals surface area contributed by atoms with Gasteiger partial charge in [-0.3, -0.25) is 4.79 Å². The molecule has 0 aliphatic carbocycles. The minimum absolute atomic E-state index is 0.176. The number of ether oxygens (including phenoxy) is 1. The Morgan fingerprint density at radius 3 is 2.78 bits per heavy atom. The molecular weight excluding hydrogens is 252 g/mol.